The number of primary amides is 1. The second kappa shape index (κ2) is 17.4. The molecule has 0 aliphatic carbocycles. The van der Waals surface area contributed by atoms with Gasteiger partial charge in [-0.25, -0.2) is 4.79 Å². The van der Waals surface area contributed by atoms with E-state index in [1.54, 1.807) is 24.3 Å². The van der Waals surface area contributed by atoms with Gasteiger partial charge in [-0.15, -0.1) is 0 Å². The Balaban J connectivity index is 2.64. The number of allylic oxidation sites excluding steroid dienone is 3. The topological polar surface area (TPSA) is 139 Å². The number of esters is 1. The minimum absolute atomic E-state index is 0.111. The number of rotatable bonds is 16. The fourth-order valence-electron chi connectivity index (χ4n) is 5.34. The summed E-state index contributed by atoms with van der Waals surface area (Å²) >= 11 is 0. The van der Waals surface area contributed by atoms with Gasteiger partial charge in [-0.2, -0.15) is 0 Å². The molecule has 228 valence electrons. The Hall–Kier alpha value is -2.42. The van der Waals surface area contributed by atoms with Gasteiger partial charge in [0.25, 0.3) is 0 Å². The number of aliphatic hydroxyl groups is 3. The summed E-state index contributed by atoms with van der Waals surface area (Å²) in [6, 6.07) is 0. The molecule has 8 heteroatoms. The molecule has 1 aliphatic rings. The summed E-state index contributed by atoms with van der Waals surface area (Å²) in [7, 11) is 0. The van der Waals surface area contributed by atoms with Crippen LogP contribution >= 0.6 is 0 Å². The van der Waals surface area contributed by atoms with E-state index < -0.39 is 30.5 Å². The highest BCUT2D eigenvalue weighted by molar-refractivity contribution is 5.73. The van der Waals surface area contributed by atoms with E-state index in [4.69, 9.17) is 15.2 Å². The third-order valence-corrected chi connectivity index (χ3v) is 8.13. The van der Waals surface area contributed by atoms with E-state index in [-0.39, 0.29) is 53.5 Å². The molecule has 0 aromatic carbocycles. The number of amides is 1. The van der Waals surface area contributed by atoms with Crippen LogP contribution in [0.1, 0.15) is 67.7 Å². The number of nitrogens with two attached hydrogens (primary N) is 1. The van der Waals surface area contributed by atoms with Crippen LogP contribution in [0.5, 0.6) is 0 Å². The predicted octanol–water partition coefficient (Wildman–Crippen LogP) is 4.94. The average molecular weight is 564 g/mol. The first-order valence-corrected chi connectivity index (χ1v) is 14.5. The van der Waals surface area contributed by atoms with E-state index in [9.17, 15) is 24.9 Å². The Bertz CT molecular complexity index is 884. The van der Waals surface area contributed by atoms with Gasteiger partial charge >= 0.3 is 12.1 Å². The summed E-state index contributed by atoms with van der Waals surface area (Å²) in [5, 5.41) is 32.2. The predicted molar refractivity (Wildman–Crippen MR) is 158 cm³/mol. The molecule has 40 heavy (non-hydrogen) atoms. The average Bonchev–Trinajstić information content (AvgIpc) is 2.90. The zero-order valence-electron chi connectivity index (χ0n) is 25.4. The quantitative estimate of drug-likeness (QED) is 0.119. The molecule has 1 fully saturated rings. The van der Waals surface area contributed by atoms with E-state index in [1.165, 1.54) is 0 Å². The Morgan fingerprint density at radius 1 is 1.02 bits per heavy atom. The molecule has 1 amide bonds. The molecular formula is C32H53NO7. The van der Waals surface area contributed by atoms with Crippen molar-refractivity contribution in [3.8, 4) is 0 Å². The normalized spacial score (nSPS) is 26.9. The third kappa shape index (κ3) is 11.6. The first kappa shape index (κ1) is 35.6. The number of carbonyl (C=O) groups is 2. The van der Waals surface area contributed by atoms with Crippen molar-refractivity contribution in [1.29, 1.82) is 0 Å². The lowest BCUT2D eigenvalue weighted by molar-refractivity contribution is -0.165. The first-order chi connectivity index (χ1) is 18.7. The van der Waals surface area contributed by atoms with E-state index in [2.05, 4.69) is 6.58 Å². The molecule has 12 atom stereocenters. The Labute approximate surface area is 241 Å². The van der Waals surface area contributed by atoms with E-state index in [0.29, 0.717) is 12.8 Å². The van der Waals surface area contributed by atoms with Crippen LogP contribution < -0.4 is 5.73 Å². The van der Waals surface area contributed by atoms with Crippen molar-refractivity contribution >= 4 is 12.1 Å². The van der Waals surface area contributed by atoms with Gasteiger partial charge in [-0.1, -0.05) is 97.6 Å². The number of aliphatic hydroxyl groups excluding tert-OH is 3. The summed E-state index contributed by atoms with van der Waals surface area (Å²) < 4.78 is 10.8. The van der Waals surface area contributed by atoms with E-state index >= 15 is 0 Å². The van der Waals surface area contributed by atoms with Crippen molar-refractivity contribution in [1.82, 2.24) is 0 Å². The van der Waals surface area contributed by atoms with Crippen molar-refractivity contribution in [3.63, 3.8) is 0 Å². The van der Waals surface area contributed by atoms with Crippen LogP contribution in [-0.4, -0.2) is 57.9 Å². The van der Waals surface area contributed by atoms with Crippen molar-refractivity contribution < 1.29 is 34.4 Å². The van der Waals surface area contributed by atoms with Crippen LogP contribution in [-0.2, 0) is 14.3 Å². The maximum absolute atomic E-state index is 11.9. The maximum atomic E-state index is 11.9. The lowest BCUT2D eigenvalue weighted by Crippen LogP contribution is -2.41. The Kier molecular flexibility index (Phi) is 15.5. The molecule has 0 saturated carbocycles. The van der Waals surface area contributed by atoms with Gasteiger partial charge < -0.3 is 30.5 Å². The molecule has 1 rings (SSSR count). The smallest absolute Gasteiger partial charge is 0.404 e. The molecule has 1 heterocycles. The molecule has 0 spiro atoms. The monoisotopic (exact) mass is 563 g/mol. The van der Waals surface area contributed by atoms with E-state index in [1.807, 2.05) is 66.7 Å². The summed E-state index contributed by atoms with van der Waals surface area (Å²) in [6.45, 7) is 17.0. The molecule has 1 aliphatic heterocycles. The van der Waals surface area contributed by atoms with Crippen molar-refractivity contribution in [3.05, 3.63) is 49.1 Å². The fourth-order valence-corrected chi connectivity index (χ4v) is 5.34. The van der Waals surface area contributed by atoms with Gasteiger partial charge in [0, 0.05) is 30.1 Å². The molecule has 1 saturated heterocycles. The van der Waals surface area contributed by atoms with Crippen LogP contribution in [0.15, 0.2) is 49.1 Å². The minimum Gasteiger partial charge on any atom is -0.462 e. The van der Waals surface area contributed by atoms with Gasteiger partial charge in [0.05, 0.1) is 24.2 Å². The molecule has 5 N–H and O–H groups in total. The summed E-state index contributed by atoms with van der Waals surface area (Å²) in [6.07, 6.45) is 10.3. The highest BCUT2D eigenvalue weighted by Crippen LogP contribution is 2.29. The zero-order chi connectivity index (χ0) is 30.6. The zero-order valence-corrected chi connectivity index (χ0v) is 25.4. The lowest BCUT2D eigenvalue weighted by Gasteiger charge is -2.33. The van der Waals surface area contributed by atoms with Gasteiger partial charge in [-0.3, -0.25) is 4.79 Å². The van der Waals surface area contributed by atoms with Gasteiger partial charge in [0.2, 0.25) is 0 Å². The number of cyclic esters (lactones) is 1. The molecule has 0 radical (unpaired) electrons. The van der Waals surface area contributed by atoms with Crippen LogP contribution in [0.3, 0.4) is 0 Å². The minimum atomic E-state index is -0.879. The SMILES string of the molecule is C=C/C=C\[C@H](C)[C@H](OC(N)=O)[C@@H](C)[C@H](O)[C@@H](C)C/C=C\[C@H](C)[C@@H](O)[C@@H](C)/C=C\[C@@H](O)CC1OC(=O)[C@H](C)C[C@H]1C. The molecule has 0 aromatic rings. The van der Waals surface area contributed by atoms with E-state index in [0.717, 1.165) is 6.42 Å². The Morgan fingerprint density at radius 3 is 2.25 bits per heavy atom. The van der Waals surface area contributed by atoms with Gasteiger partial charge in [0.1, 0.15) is 12.2 Å². The summed E-state index contributed by atoms with van der Waals surface area (Å²) in [4.78, 5) is 23.3. The molecular weight excluding hydrogens is 510 g/mol. The highest BCUT2D eigenvalue weighted by atomic mass is 16.6. The standard InChI is InChI=1S/C32H53NO7/c1-9-10-12-22(5)30(40-32(33)38)25(8)29(36)20(3)14-11-13-19(2)28(35)21(4)15-16-26(34)18-27-23(6)17-24(7)31(37)39-27/h9-13,15-16,19-30,34-36H,1,14,17-18H2,2-8H3,(H2,33,38)/b12-10-,13-11-,16-15-/t19-,20-,21-,22-,23+,24+,25-,26+,27?,28+,29+,30-/m0/s1. The van der Waals surface area contributed by atoms with Gasteiger partial charge in [-0.05, 0) is 24.7 Å². The number of hydrogen-bond acceptors (Lipinski definition) is 7. The third-order valence-electron chi connectivity index (χ3n) is 8.13. The van der Waals surface area contributed by atoms with Crippen molar-refractivity contribution in [2.24, 2.45) is 47.2 Å². The largest absolute Gasteiger partial charge is 0.462 e. The van der Waals surface area contributed by atoms with Crippen LogP contribution in [0.4, 0.5) is 4.79 Å². The lowest BCUT2D eigenvalue weighted by atomic mass is 9.82. The molecule has 1 unspecified atom stereocenters. The Morgan fingerprint density at radius 2 is 1.65 bits per heavy atom. The number of hydrogen-bond donors (Lipinski definition) is 4. The highest BCUT2D eigenvalue weighted by Gasteiger charge is 2.34. The summed E-state index contributed by atoms with van der Waals surface area (Å²) in [5.74, 6) is -1.15. The fraction of sp³-hybridized carbons (Fsp3) is 0.688. The number of carbonyl (C=O) groups excluding carboxylic acids is 2. The van der Waals surface area contributed by atoms with Gasteiger partial charge in [0.15, 0.2) is 0 Å². The molecule has 0 aromatic heterocycles. The van der Waals surface area contributed by atoms with Crippen LogP contribution in [0, 0.1) is 41.4 Å². The van der Waals surface area contributed by atoms with Crippen LogP contribution in [0.2, 0.25) is 0 Å². The van der Waals surface area contributed by atoms with Crippen molar-refractivity contribution in [2.75, 3.05) is 0 Å². The molecule has 8 nitrogen and oxygen atoms in total. The summed E-state index contributed by atoms with van der Waals surface area (Å²) in [5.41, 5.74) is 5.28. The second-order valence-electron chi connectivity index (χ2n) is 11.9. The van der Waals surface area contributed by atoms with Crippen LogP contribution in [0.25, 0.3) is 0 Å². The first-order valence-electron chi connectivity index (χ1n) is 14.5. The van der Waals surface area contributed by atoms with Crippen molar-refractivity contribution in [2.45, 2.75) is 98.2 Å². The molecule has 0 bridgehead atoms. The maximum Gasteiger partial charge on any atom is 0.404 e. The number of ether oxygens (including phenoxy) is 2. The second-order valence-corrected chi connectivity index (χ2v) is 11.9.